The lowest BCUT2D eigenvalue weighted by Crippen LogP contribution is -2.15. The molecule has 3 aromatic carbocycles. The Morgan fingerprint density at radius 2 is 1.76 bits per heavy atom. The van der Waals surface area contributed by atoms with Crippen LogP contribution in [0.15, 0.2) is 78.0 Å². The second kappa shape index (κ2) is 10.8. The molecule has 0 spiro atoms. The van der Waals surface area contributed by atoms with Crippen molar-refractivity contribution < 1.29 is 19.4 Å². The summed E-state index contributed by atoms with van der Waals surface area (Å²) in [4.78, 5) is 12.7. The molecule has 0 atom stereocenters. The van der Waals surface area contributed by atoms with Gasteiger partial charge in [-0.25, -0.2) is 0 Å². The molecule has 1 aromatic heterocycles. The summed E-state index contributed by atoms with van der Waals surface area (Å²) in [5, 5.41) is 21.8. The topological polar surface area (TPSA) is 98.5 Å². The van der Waals surface area contributed by atoms with Gasteiger partial charge in [0.25, 0.3) is 0 Å². The number of amides is 1. The first-order valence-electron chi connectivity index (χ1n) is 10.5. The number of carbonyl (C=O) groups is 1. The third-order valence-corrected chi connectivity index (χ3v) is 6.01. The van der Waals surface area contributed by atoms with Crippen LogP contribution in [0.5, 0.6) is 17.2 Å². The number of carbonyl (C=O) groups excluding carboxylic acids is 1. The van der Waals surface area contributed by atoms with Gasteiger partial charge in [0.05, 0.1) is 32.2 Å². The van der Waals surface area contributed by atoms with Gasteiger partial charge in [-0.05, 0) is 42.0 Å². The molecule has 34 heavy (non-hydrogen) atoms. The Morgan fingerprint density at radius 3 is 2.47 bits per heavy atom. The van der Waals surface area contributed by atoms with Gasteiger partial charge in [0.1, 0.15) is 17.2 Å². The number of rotatable bonds is 9. The molecule has 0 aliphatic rings. The third kappa shape index (κ3) is 5.49. The highest BCUT2D eigenvalue weighted by atomic mass is 32.2. The molecule has 0 aliphatic carbocycles. The molecule has 0 bridgehead atoms. The lowest BCUT2D eigenvalue weighted by atomic mass is 10.2. The van der Waals surface area contributed by atoms with Crippen LogP contribution in [0.4, 0.5) is 5.69 Å². The number of ether oxygens (including phenoxy) is 2. The third-order valence-electron chi connectivity index (χ3n) is 5.04. The zero-order chi connectivity index (χ0) is 23.9. The minimum absolute atomic E-state index is 0.137. The maximum Gasteiger partial charge on any atom is 0.234 e. The Morgan fingerprint density at radius 1 is 1.00 bits per heavy atom. The number of phenols is 1. The number of nitrogens with zero attached hydrogens (tertiary/aromatic N) is 3. The summed E-state index contributed by atoms with van der Waals surface area (Å²) in [5.74, 6) is 1.92. The van der Waals surface area contributed by atoms with Crippen LogP contribution in [0.1, 0.15) is 5.56 Å². The molecule has 9 heteroatoms. The Kier molecular flexibility index (Phi) is 7.34. The molecule has 174 valence electrons. The number of hydrogen-bond donors (Lipinski definition) is 2. The van der Waals surface area contributed by atoms with Crippen LogP contribution >= 0.6 is 11.8 Å². The SMILES string of the molecule is COc1ccc(NC(=O)CSc2nnc(-c3ccc(O)cc3)n2Cc2ccccc2)c(OC)c1. The number of aromatic hydroxyl groups is 1. The Labute approximate surface area is 201 Å². The lowest BCUT2D eigenvalue weighted by Gasteiger charge is -2.12. The van der Waals surface area contributed by atoms with E-state index in [2.05, 4.69) is 15.5 Å². The minimum atomic E-state index is -0.200. The number of anilines is 1. The van der Waals surface area contributed by atoms with Crippen LogP contribution < -0.4 is 14.8 Å². The zero-order valence-electron chi connectivity index (χ0n) is 18.8. The van der Waals surface area contributed by atoms with Crippen LogP contribution in [-0.4, -0.2) is 45.8 Å². The Balaban J connectivity index is 1.53. The molecule has 8 nitrogen and oxygen atoms in total. The molecule has 1 heterocycles. The summed E-state index contributed by atoms with van der Waals surface area (Å²) in [6.45, 7) is 0.542. The largest absolute Gasteiger partial charge is 0.508 e. The summed E-state index contributed by atoms with van der Waals surface area (Å²) in [5.41, 5.74) is 2.46. The van der Waals surface area contributed by atoms with Crippen molar-refractivity contribution in [2.24, 2.45) is 0 Å². The van der Waals surface area contributed by atoms with Crippen LogP contribution in [0.25, 0.3) is 11.4 Å². The summed E-state index contributed by atoms with van der Waals surface area (Å²) in [6, 6.07) is 22.0. The molecule has 0 aliphatic heterocycles. The standard InChI is InChI=1S/C25H24N4O4S/c1-32-20-12-13-21(22(14-20)33-2)26-23(31)16-34-25-28-27-24(18-8-10-19(30)11-9-18)29(25)15-17-6-4-3-5-7-17/h3-14,30H,15-16H2,1-2H3,(H,26,31). The van der Waals surface area contributed by atoms with Crippen molar-refractivity contribution in [3.8, 4) is 28.6 Å². The van der Waals surface area contributed by atoms with E-state index in [1.54, 1.807) is 49.6 Å². The fraction of sp³-hybridized carbons (Fsp3) is 0.160. The first-order chi connectivity index (χ1) is 16.6. The molecule has 4 aromatic rings. The Bertz CT molecular complexity index is 1260. The van der Waals surface area contributed by atoms with Crippen molar-refractivity contribution in [2.45, 2.75) is 11.7 Å². The molecular weight excluding hydrogens is 452 g/mol. The van der Waals surface area contributed by atoms with E-state index in [0.29, 0.717) is 34.7 Å². The van der Waals surface area contributed by atoms with Crippen molar-refractivity contribution in [2.75, 3.05) is 25.3 Å². The van der Waals surface area contributed by atoms with Gasteiger partial charge in [-0.2, -0.15) is 0 Å². The van der Waals surface area contributed by atoms with E-state index >= 15 is 0 Å². The van der Waals surface area contributed by atoms with Gasteiger partial charge in [0.2, 0.25) is 5.91 Å². The van der Waals surface area contributed by atoms with Crippen LogP contribution in [-0.2, 0) is 11.3 Å². The highest BCUT2D eigenvalue weighted by Crippen LogP contribution is 2.30. The molecule has 4 rings (SSSR count). The van der Waals surface area contributed by atoms with E-state index in [9.17, 15) is 9.90 Å². The maximum atomic E-state index is 12.7. The van der Waals surface area contributed by atoms with E-state index in [-0.39, 0.29) is 17.4 Å². The average Bonchev–Trinajstić information content (AvgIpc) is 3.26. The molecule has 0 saturated heterocycles. The predicted octanol–water partition coefficient (Wildman–Crippen LogP) is 4.45. The lowest BCUT2D eigenvalue weighted by molar-refractivity contribution is -0.113. The van der Waals surface area contributed by atoms with Gasteiger partial charge in [-0.3, -0.25) is 9.36 Å². The first kappa shape index (κ1) is 23.2. The fourth-order valence-electron chi connectivity index (χ4n) is 3.35. The van der Waals surface area contributed by atoms with Gasteiger partial charge < -0.3 is 19.9 Å². The normalized spacial score (nSPS) is 10.6. The molecule has 0 unspecified atom stereocenters. The number of benzene rings is 3. The van der Waals surface area contributed by atoms with Gasteiger partial charge in [0, 0.05) is 11.6 Å². The summed E-state index contributed by atoms with van der Waals surface area (Å²) < 4.78 is 12.5. The molecule has 2 N–H and O–H groups in total. The molecular formula is C25H24N4O4S. The predicted molar refractivity (Wildman–Crippen MR) is 132 cm³/mol. The van der Waals surface area contributed by atoms with Crippen LogP contribution in [0.3, 0.4) is 0 Å². The van der Waals surface area contributed by atoms with Crippen molar-refractivity contribution in [1.82, 2.24) is 14.8 Å². The number of thioether (sulfide) groups is 1. The van der Waals surface area contributed by atoms with E-state index in [1.807, 2.05) is 34.9 Å². The van der Waals surface area contributed by atoms with Gasteiger partial charge in [-0.1, -0.05) is 42.1 Å². The van der Waals surface area contributed by atoms with E-state index < -0.39 is 0 Å². The second-order valence-corrected chi connectivity index (χ2v) is 8.27. The number of methoxy groups -OCH3 is 2. The monoisotopic (exact) mass is 476 g/mol. The van der Waals surface area contributed by atoms with Crippen LogP contribution in [0, 0.1) is 0 Å². The average molecular weight is 477 g/mol. The molecule has 0 saturated carbocycles. The fourth-order valence-corrected chi connectivity index (χ4v) is 4.08. The second-order valence-electron chi connectivity index (χ2n) is 7.33. The van der Waals surface area contributed by atoms with Gasteiger partial charge >= 0.3 is 0 Å². The number of nitrogens with one attached hydrogen (secondary N) is 1. The Hall–Kier alpha value is -3.98. The number of phenolic OH excluding ortho intramolecular Hbond substituents is 1. The molecule has 0 fully saturated rings. The highest BCUT2D eigenvalue weighted by molar-refractivity contribution is 7.99. The van der Waals surface area contributed by atoms with Crippen LogP contribution in [0.2, 0.25) is 0 Å². The highest BCUT2D eigenvalue weighted by Gasteiger charge is 2.17. The van der Waals surface area contributed by atoms with Crippen molar-refractivity contribution in [3.63, 3.8) is 0 Å². The minimum Gasteiger partial charge on any atom is -0.508 e. The van der Waals surface area contributed by atoms with Crippen molar-refractivity contribution >= 4 is 23.4 Å². The quantitative estimate of drug-likeness (QED) is 0.345. The van der Waals surface area contributed by atoms with E-state index in [1.165, 1.54) is 18.9 Å². The summed E-state index contributed by atoms with van der Waals surface area (Å²) in [7, 11) is 3.11. The van der Waals surface area contributed by atoms with E-state index in [4.69, 9.17) is 9.47 Å². The molecule has 0 radical (unpaired) electrons. The number of aromatic nitrogens is 3. The zero-order valence-corrected chi connectivity index (χ0v) is 19.6. The van der Waals surface area contributed by atoms with Crippen molar-refractivity contribution in [3.05, 3.63) is 78.4 Å². The van der Waals surface area contributed by atoms with Gasteiger partial charge in [-0.15, -0.1) is 10.2 Å². The van der Waals surface area contributed by atoms with E-state index in [0.717, 1.165) is 11.1 Å². The number of hydrogen-bond acceptors (Lipinski definition) is 7. The molecule has 1 amide bonds. The smallest absolute Gasteiger partial charge is 0.234 e. The first-order valence-corrected chi connectivity index (χ1v) is 11.5. The summed E-state index contributed by atoms with van der Waals surface area (Å²) in [6.07, 6.45) is 0. The maximum absolute atomic E-state index is 12.7. The van der Waals surface area contributed by atoms with Gasteiger partial charge in [0.15, 0.2) is 11.0 Å². The van der Waals surface area contributed by atoms with Crippen molar-refractivity contribution in [1.29, 1.82) is 0 Å². The summed E-state index contributed by atoms with van der Waals surface area (Å²) >= 11 is 1.30.